The number of allylic oxidation sites excluding steroid dienone is 2. The van der Waals surface area contributed by atoms with Crippen LogP contribution in [0.15, 0.2) is 70.9 Å². The van der Waals surface area contributed by atoms with Crippen molar-refractivity contribution >= 4 is 17.9 Å². The van der Waals surface area contributed by atoms with Gasteiger partial charge in [-0.05, 0) is 18.6 Å². The van der Waals surface area contributed by atoms with Gasteiger partial charge in [-0.25, -0.2) is 4.79 Å². The molecule has 1 aromatic rings. The van der Waals surface area contributed by atoms with E-state index in [2.05, 4.69) is 0 Å². The molecule has 0 fully saturated rings. The predicted molar refractivity (Wildman–Crippen MR) is 107 cm³/mol. The molecule has 0 radical (unpaired) electrons. The number of ether oxygens (including phenoxy) is 4. The first-order chi connectivity index (χ1) is 14.9. The molecule has 0 saturated heterocycles. The Hall–Kier alpha value is -3.61. The van der Waals surface area contributed by atoms with Gasteiger partial charge in [-0.1, -0.05) is 24.3 Å². The van der Waals surface area contributed by atoms with Gasteiger partial charge in [0.2, 0.25) is 0 Å². The zero-order chi connectivity index (χ0) is 21.8. The van der Waals surface area contributed by atoms with Crippen LogP contribution in [0.25, 0.3) is 0 Å². The van der Waals surface area contributed by atoms with Crippen LogP contribution in [0.3, 0.4) is 0 Å². The first-order valence-electron chi connectivity index (χ1n) is 10.1. The van der Waals surface area contributed by atoms with E-state index in [-0.39, 0.29) is 0 Å². The maximum absolute atomic E-state index is 12.8. The van der Waals surface area contributed by atoms with E-state index in [4.69, 9.17) is 18.9 Å². The van der Waals surface area contributed by atoms with Crippen LogP contribution in [0.1, 0.15) is 49.0 Å². The van der Waals surface area contributed by atoms with E-state index in [1.807, 2.05) is 18.2 Å². The number of hydrogen-bond acceptors (Lipinski definition) is 7. The lowest BCUT2D eigenvalue weighted by Crippen LogP contribution is -2.39. The second kappa shape index (κ2) is 6.97. The van der Waals surface area contributed by atoms with Crippen LogP contribution >= 0.6 is 0 Å². The van der Waals surface area contributed by atoms with Gasteiger partial charge in [0.15, 0.2) is 5.60 Å². The average Bonchev–Trinajstić information content (AvgIpc) is 3.00. The summed E-state index contributed by atoms with van der Waals surface area (Å²) in [6.45, 7) is 2.70. The lowest BCUT2D eigenvalue weighted by atomic mass is 9.72. The van der Waals surface area contributed by atoms with Crippen LogP contribution < -0.4 is 0 Å². The average molecular weight is 420 g/mol. The summed E-state index contributed by atoms with van der Waals surface area (Å²) >= 11 is 0. The van der Waals surface area contributed by atoms with Gasteiger partial charge >= 0.3 is 17.9 Å². The molecule has 7 nitrogen and oxygen atoms in total. The monoisotopic (exact) mass is 420 g/mol. The topological polar surface area (TPSA) is 88.1 Å². The molecule has 1 aromatic carbocycles. The molecule has 2 heterocycles. The summed E-state index contributed by atoms with van der Waals surface area (Å²) < 4.78 is 22.9. The summed E-state index contributed by atoms with van der Waals surface area (Å²) in [6.07, 6.45) is 6.24. The molecule has 0 amide bonds. The summed E-state index contributed by atoms with van der Waals surface area (Å²) in [6, 6.07) is 7.31. The molecule has 0 N–H and O–H groups in total. The van der Waals surface area contributed by atoms with Crippen LogP contribution in [0.5, 0.6) is 0 Å². The van der Waals surface area contributed by atoms with Crippen molar-refractivity contribution in [1.29, 1.82) is 0 Å². The number of rotatable bonds is 2. The Kier molecular flexibility index (Phi) is 4.36. The summed E-state index contributed by atoms with van der Waals surface area (Å²) in [5, 5.41) is 0. The number of benzene rings is 1. The van der Waals surface area contributed by atoms with Crippen molar-refractivity contribution < 1.29 is 33.3 Å². The lowest BCUT2D eigenvalue weighted by Gasteiger charge is -2.42. The highest BCUT2D eigenvalue weighted by atomic mass is 16.6. The van der Waals surface area contributed by atoms with E-state index in [0.29, 0.717) is 42.1 Å². The molecule has 5 rings (SSSR count). The third kappa shape index (κ3) is 3.00. The second-order valence-electron chi connectivity index (χ2n) is 7.80. The standard InChI is InChI=1S/C24H20O7/c1-13(25)28-15-7-9-19-21(11-15)30-22-12-16(29-14(2)26)8-10-20(22)24(19)18-6-4-3-5-17(18)23(27)31-24/h3-6,9,11-12,15H,7-8,10H2,1-2H3. The number of carbonyl (C=O) groups excluding carboxylic acids is 3. The summed E-state index contributed by atoms with van der Waals surface area (Å²) in [5.41, 5.74) is 1.66. The molecule has 7 heteroatoms. The minimum absolute atomic E-state index is 0.392. The van der Waals surface area contributed by atoms with Gasteiger partial charge in [0.05, 0.1) is 5.56 Å². The molecule has 158 valence electrons. The van der Waals surface area contributed by atoms with Gasteiger partial charge in [0, 0.05) is 49.5 Å². The van der Waals surface area contributed by atoms with E-state index in [9.17, 15) is 14.4 Å². The zero-order valence-corrected chi connectivity index (χ0v) is 17.1. The van der Waals surface area contributed by atoms with Gasteiger partial charge in [0.25, 0.3) is 0 Å². The Morgan fingerprint density at radius 2 is 1.94 bits per heavy atom. The maximum atomic E-state index is 12.8. The van der Waals surface area contributed by atoms with Crippen molar-refractivity contribution in [3.05, 3.63) is 82.0 Å². The Morgan fingerprint density at radius 1 is 1.13 bits per heavy atom. The van der Waals surface area contributed by atoms with Gasteiger partial charge in [0.1, 0.15) is 23.4 Å². The Balaban J connectivity index is 1.69. The molecule has 1 spiro atoms. The van der Waals surface area contributed by atoms with E-state index < -0.39 is 29.6 Å². The normalized spacial score (nSPS) is 25.8. The summed E-state index contributed by atoms with van der Waals surface area (Å²) in [4.78, 5) is 35.7. The van der Waals surface area contributed by atoms with Crippen molar-refractivity contribution in [2.45, 2.75) is 44.8 Å². The molecule has 0 aromatic heterocycles. The third-order valence-corrected chi connectivity index (χ3v) is 5.76. The number of hydrogen-bond donors (Lipinski definition) is 0. The van der Waals surface area contributed by atoms with E-state index in [0.717, 1.165) is 16.7 Å². The minimum Gasteiger partial charge on any atom is -0.458 e. The largest absolute Gasteiger partial charge is 0.458 e. The zero-order valence-electron chi connectivity index (χ0n) is 17.1. The fraction of sp³-hybridized carbons (Fsp3) is 0.292. The van der Waals surface area contributed by atoms with Crippen LogP contribution in [0.2, 0.25) is 0 Å². The minimum atomic E-state index is -1.12. The van der Waals surface area contributed by atoms with Crippen molar-refractivity contribution in [3.8, 4) is 0 Å². The highest BCUT2D eigenvalue weighted by Gasteiger charge is 2.56. The molecule has 2 aliphatic heterocycles. The molecule has 2 atom stereocenters. The maximum Gasteiger partial charge on any atom is 0.340 e. The Labute approximate surface area is 178 Å². The number of carbonyl (C=O) groups is 3. The summed E-state index contributed by atoms with van der Waals surface area (Å²) in [7, 11) is 0. The molecule has 31 heavy (non-hydrogen) atoms. The Morgan fingerprint density at radius 3 is 2.71 bits per heavy atom. The third-order valence-electron chi connectivity index (χ3n) is 5.76. The molecular formula is C24H20O7. The molecule has 2 aliphatic carbocycles. The molecule has 2 unspecified atom stereocenters. The van der Waals surface area contributed by atoms with Crippen molar-refractivity contribution in [2.24, 2.45) is 0 Å². The van der Waals surface area contributed by atoms with Gasteiger partial charge in [-0.2, -0.15) is 0 Å². The second-order valence-corrected chi connectivity index (χ2v) is 7.80. The van der Waals surface area contributed by atoms with Crippen molar-refractivity contribution in [2.75, 3.05) is 0 Å². The smallest absolute Gasteiger partial charge is 0.340 e. The molecule has 4 aliphatic rings. The molecule has 0 bridgehead atoms. The fourth-order valence-corrected chi connectivity index (χ4v) is 4.67. The molecular weight excluding hydrogens is 400 g/mol. The highest BCUT2D eigenvalue weighted by Crippen LogP contribution is 2.57. The van der Waals surface area contributed by atoms with Crippen LogP contribution in [-0.4, -0.2) is 24.0 Å². The molecule has 0 saturated carbocycles. The van der Waals surface area contributed by atoms with E-state index in [1.165, 1.54) is 13.8 Å². The van der Waals surface area contributed by atoms with Crippen molar-refractivity contribution in [3.63, 3.8) is 0 Å². The quantitative estimate of drug-likeness (QED) is 0.532. The van der Waals surface area contributed by atoms with Crippen LogP contribution in [0, 0.1) is 0 Å². The van der Waals surface area contributed by atoms with Gasteiger partial charge < -0.3 is 18.9 Å². The highest BCUT2D eigenvalue weighted by molar-refractivity contribution is 5.96. The first kappa shape index (κ1) is 19.4. The van der Waals surface area contributed by atoms with E-state index >= 15 is 0 Å². The van der Waals surface area contributed by atoms with E-state index in [1.54, 1.807) is 24.3 Å². The lowest BCUT2D eigenvalue weighted by molar-refractivity contribution is -0.144. The SMILES string of the molecule is CC(=O)OC1=CC2=C(CC1)C1(OC(=O)c3ccccc31)C1=CCC(OC(C)=O)C=C1O2. The van der Waals surface area contributed by atoms with Crippen LogP contribution in [0.4, 0.5) is 0 Å². The first-order valence-corrected chi connectivity index (χ1v) is 10.1. The number of esters is 3. The summed E-state index contributed by atoms with van der Waals surface area (Å²) in [5.74, 6) is 0.211. The number of fused-ring (bicyclic) bond motifs is 5. The van der Waals surface area contributed by atoms with Crippen molar-refractivity contribution in [1.82, 2.24) is 0 Å². The predicted octanol–water partition coefficient (Wildman–Crippen LogP) is 3.72. The Bertz CT molecular complexity index is 1150. The van der Waals surface area contributed by atoms with Gasteiger partial charge in [-0.15, -0.1) is 0 Å². The van der Waals surface area contributed by atoms with Gasteiger partial charge in [-0.3, -0.25) is 9.59 Å². The van der Waals surface area contributed by atoms with Crippen LogP contribution in [-0.2, 0) is 34.1 Å². The fourth-order valence-electron chi connectivity index (χ4n) is 4.67.